The number of β-amino-alcohol motifs (C(OH)–C–C–N with tert-alkyl or cyclic N) is 1. The molecule has 0 bridgehead atoms. The van der Waals surface area contributed by atoms with Crippen molar-refractivity contribution in [3.63, 3.8) is 0 Å². The fourth-order valence-corrected chi connectivity index (χ4v) is 7.00. The van der Waals surface area contributed by atoms with Gasteiger partial charge in [0.2, 0.25) is 11.9 Å². The molecule has 0 radical (unpaired) electrons. The molecule has 0 aliphatic carbocycles. The van der Waals surface area contributed by atoms with Crippen molar-refractivity contribution in [2.45, 2.75) is 32.4 Å². The Hall–Kier alpha value is -4.68. The van der Waals surface area contributed by atoms with E-state index in [1.807, 2.05) is 30.7 Å². The Balaban J connectivity index is 0.00000417. The normalized spacial score (nSPS) is 16.5. The number of nitriles is 1. The van der Waals surface area contributed by atoms with E-state index in [4.69, 9.17) is 4.98 Å². The molecule has 7 rings (SSSR count). The third kappa shape index (κ3) is 7.35. The Kier molecular flexibility index (Phi) is 10.4. The lowest BCUT2D eigenvalue weighted by Crippen LogP contribution is -2.50. The van der Waals surface area contributed by atoms with E-state index in [0.717, 1.165) is 60.8 Å². The van der Waals surface area contributed by atoms with Gasteiger partial charge in [-0.1, -0.05) is 18.3 Å². The first-order valence-electron chi connectivity index (χ1n) is 16.0. The first kappa shape index (κ1) is 34.2. The van der Waals surface area contributed by atoms with Gasteiger partial charge in [0.15, 0.2) is 5.13 Å². The number of imidazole rings is 1. The summed E-state index contributed by atoms with van der Waals surface area (Å²) in [4.78, 5) is 37.9. The Morgan fingerprint density at radius 2 is 1.78 bits per heavy atom. The minimum absolute atomic E-state index is 0. The van der Waals surface area contributed by atoms with Crippen LogP contribution in [0.25, 0.3) is 28.0 Å². The maximum atomic E-state index is 13.5. The zero-order valence-electron chi connectivity index (χ0n) is 26.9. The number of amides is 1. The summed E-state index contributed by atoms with van der Waals surface area (Å²) in [6, 6.07) is 12.2. The van der Waals surface area contributed by atoms with Crippen LogP contribution in [-0.4, -0.2) is 97.1 Å². The highest BCUT2D eigenvalue weighted by molar-refractivity contribution is 7.16. The highest BCUT2D eigenvalue weighted by Crippen LogP contribution is 2.31. The minimum atomic E-state index is -0.404. The van der Waals surface area contributed by atoms with E-state index in [9.17, 15) is 19.6 Å². The number of thiazole rings is 1. The van der Waals surface area contributed by atoms with Crippen molar-refractivity contribution in [2.75, 3.05) is 56.0 Å². The summed E-state index contributed by atoms with van der Waals surface area (Å²) >= 11 is 1.26. The second-order valence-corrected chi connectivity index (χ2v) is 13.0. The van der Waals surface area contributed by atoms with E-state index in [1.54, 1.807) is 17.0 Å². The number of aliphatic hydroxyl groups excluding tert-OH is 1. The molecule has 0 unspecified atom stereocenters. The number of nitrogens with one attached hydrogen (secondary N) is 1. The monoisotopic (exact) mass is 702 g/mol. The van der Waals surface area contributed by atoms with Gasteiger partial charge in [0.1, 0.15) is 28.1 Å². The van der Waals surface area contributed by atoms with Crippen molar-refractivity contribution >= 4 is 46.4 Å². The average molecular weight is 703 g/mol. The topological polar surface area (TPSA) is 139 Å². The van der Waals surface area contributed by atoms with Crippen molar-refractivity contribution in [2.24, 2.45) is 0 Å². The van der Waals surface area contributed by atoms with Crippen LogP contribution in [0.5, 0.6) is 0 Å². The summed E-state index contributed by atoms with van der Waals surface area (Å²) in [5.41, 5.74) is 5.82. The summed E-state index contributed by atoms with van der Waals surface area (Å²) in [5.74, 6) is 0.398. The molecule has 5 aromatic rings. The second kappa shape index (κ2) is 14.8. The van der Waals surface area contributed by atoms with E-state index in [2.05, 4.69) is 47.5 Å². The predicted molar refractivity (Wildman–Crippen MR) is 188 cm³/mol. The number of carbonyl (C=O) groups excluding carboxylic acids is 1. The molecule has 2 N–H and O–H groups in total. The molecule has 15 heteroatoms. The summed E-state index contributed by atoms with van der Waals surface area (Å²) < 4.78 is 15.5. The summed E-state index contributed by atoms with van der Waals surface area (Å²) in [6.45, 7) is 6.89. The van der Waals surface area contributed by atoms with E-state index < -0.39 is 6.10 Å². The number of aliphatic hydroxyl groups is 1. The quantitative estimate of drug-likeness (QED) is 0.229. The molecule has 12 nitrogen and oxygen atoms in total. The van der Waals surface area contributed by atoms with Crippen LogP contribution in [0.15, 0.2) is 55.0 Å². The summed E-state index contributed by atoms with van der Waals surface area (Å²) in [6.07, 6.45) is 6.71. The summed E-state index contributed by atoms with van der Waals surface area (Å²) in [5, 5.41) is 23.4. The number of nitrogens with zero attached hydrogens (tertiary/aromatic N) is 9. The average Bonchev–Trinajstić information content (AvgIpc) is 3.84. The SMILES string of the molecule is CCc1nc2ccc(-c3cnc(N4CCN(CC(=O)N5CC[C@H](O)C5)CC4)nc3)cn2c1CNc1nc(-c2ccc(F)cc2)c(C#N)s1.Cl. The Morgan fingerprint density at radius 1 is 1.04 bits per heavy atom. The highest BCUT2D eigenvalue weighted by Gasteiger charge is 2.27. The Bertz CT molecular complexity index is 1970. The number of piperazine rings is 1. The van der Waals surface area contributed by atoms with Crippen molar-refractivity contribution < 1.29 is 14.3 Å². The molecule has 2 aliphatic rings. The Labute approximate surface area is 293 Å². The van der Waals surface area contributed by atoms with Gasteiger partial charge in [-0.15, -0.1) is 12.4 Å². The number of rotatable bonds is 9. The third-order valence-corrected chi connectivity index (χ3v) is 9.81. The first-order valence-corrected chi connectivity index (χ1v) is 16.9. The number of aryl methyl sites for hydroxylation is 1. The number of hydrogen-bond donors (Lipinski definition) is 2. The highest BCUT2D eigenvalue weighted by atomic mass is 35.5. The number of anilines is 2. The fourth-order valence-electron chi connectivity index (χ4n) is 6.22. The van der Waals surface area contributed by atoms with Crippen molar-refractivity contribution in [3.8, 4) is 28.5 Å². The molecule has 254 valence electrons. The molecule has 0 spiro atoms. The van der Waals surface area contributed by atoms with Gasteiger partial charge in [-0.3, -0.25) is 9.69 Å². The molecular weight excluding hydrogens is 667 g/mol. The lowest BCUT2D eigenvalue weighted by molar-refractivity contribution is -0.131. The van der Waals surface area contributed by atoms with Crippen molar-refractivity contribution in [1.82, 2.24) is 34.1 Å². The molecule has 1 amide bonds. The number of fused-ring (bicyclic) bond motifs is 1. The number of carbonyl (C=O) groups is 1. The van der Waals surface area contributed by atoms with Gasteiger partial charge in [0.25, 0.3) is 0 Å². The van der Waals surface area contributed by atoms with Crippen LogP contribution in [-0.2, 0) is 17.8 Å². The fraction of sp³-hybridized carbons (Fsp3) is 0.353. The molecule has 2 saturated heterocycles. The maximum Gasteiger partial charge on any atom is 0.236 e. The molecule has 0 saturated carbocycles. The number of benzene rings is 1. The number of halogens is 2. The van der Waals surface area contributed by atoms with Gasteiger partial charge in [-0.05, 0) is 49.2 Å². The maximum absolute atomic E-state index is 13.5. The van der Waals surface area contributed by atoms with Gasteiger partial charge in [0, 0.05) is 74.5 Å². The van der Waals surface area contributed by atoms with Crippen LogP contribution in [0, 0.1) is 17.1 Å². The van der Waals surface area contributed by atoms with E-state index >= 15 is 0 Å². The molecule has 4 aromatic heterocycles. The number of likely N-dealkylation sites (tertiary alicyclic amines) is 1. The van der Waals surface area contributed by atoms with E-state index in [0.29, 0.717) is 59.8 Å². The van der Waals surface area contributed by atoms with Gasteiger partial charge >= 0.3 is 0 Å². The van der Waals surface area contributed by atoms with Crippen LogP contribution in [0.1, 0.15) is 29.6 Å². The molecule has 49 heavy (non-hydrogen) atoms. The second-order valence-electron chi connectivity index (χ2n) is 12.0. The van der Waals surface area contributed by atoms with E-state index in [-0.39, 0.29) is 24.1 Å². The number of aromatic nitrogens is 5. The smallest absolute Gasteiger partial charge is 0.236 e. The minimum Gasteiger partial charge on any atom is -0.391 e. The van der Waals surface area contributed by atoms with Crippen molar-refractivity contribution in [3.05, 3.63) is 77.1 Å². The van der Waals surface area contributed by atoms with Gasteiger partial charge in [-0.2, -0.15) is 5.26 Å². The lowest BCUT2D eigenvalue weighted by Gasteiger charge is -2.35. The van der Waals surface area contributed by atoms with Crippen LogP contribution >= 0.6 is 23.7 Å². The van der Waals surface area contributed by atoms with Crippen LogP contribution in [0.3, 0.4) is 0 Å². The number of pyridine rings is 1. The summed E-state index contributed by atoms with van der Waals surface area (Å²) in [7, 11) is 0. The zero-order valence-corrected chi connectivity index (χ0v) is 28.6. The Morgan fingerprint density at radius 3 is 2.45 bits per heavy atom. The molecule has 6 heterocycles. The standard InChI is InChI=1S/C34H35FN10O2S.ClH/c1-2-27-28(18-39-34-41-32(29(15-36)48-34)22-3-6-25(35)7-4-22)45-19-23(5-8-30(45)40-27)24-16-37-33(38-17-24)43-13-11-42(12-14-43)21-31(47)44-10-9-26(46)20-44;/h3-8,16-17,19,26,46H,2,9-14,18,20-21H2,1H3,(H,39,41);1H/t26-;/m0./s1. The molecule has 2 fully saturated rings. The lowest BCUT2D eigenvalue weighted by atomic mass is 10.1. The van der Waals surface area contributed by atoms with Crippen molar-refractivity contribution in [1.29, 1.82) is 5.26 Å². The number of hydrogen-bond acceptors (Lipinski definition) is 11. The predicted octanol–water partition coefficient (Wildman–Crippen LogP) is 4.24. The third-order valence-electron chi connectivity index (χ3n) is 8.89. The van der Waals surface area contributed by atoms with E-state index in [1.165, 1.54) is 23.5 Å². The largest absolute Gasteiger partial charge is 0.391 e. The van der Waals surface area contributed by atoms with Crippen LogP contribution in [0.4, 0.5) is 15.5 Å². The van der Waals surface area contributed by atoms with Crippen LogP contribution < -0.4 is 10.2 Å². The zero-order chi connectivity index (χ0) is 33.2. The van der Waals surface area contributed by atoms with Gasteiger partial charge in [-0.25, -0.2) is 24.3 Å². The molecule has 1 atom stereocenters. The molecule has 1 aromatic carbocycles. The molecular formula is C34H36ClFN10O2S. The van der Waals surface area contributed by atoms with Gasteiger partial charge in [0.05, 0.1) is 30.6 Å². The van der Waals surface area contributed by atoms with Gasteiger partial charge < -0.3 is 24.6 Å². The van der Waals surface area contributed by atoms with Crippen LogP contribution in [0.2, 0.25) is 0 Å². The first-order chi connectivity index (χ1) is 23.4. The molecule has 2 aliphatic heterocycles.